The molecule has 0 aliphatic carbocycles. The number of aryl methyl sites for hydroxylation is 1. The van der Waals surface area contributed by atoms with Crippen LogP contribution in [0.5, 0.6) is 0 Å². The van der Waals surface area contributed by atoms with Crippen LogP contribution in [-0.2, 0) is 16.0 Å². The summed E-state index contributed by atoms with van der Waals surface area (Å²) in [6, 6.07) is 0. The molecule has 0 saturated carbocycles. The van der Waals surface area contributed by atoms with Gasteiger partial charge in [-0.15, -0.1) is 0 Å². The van der Waals surface area contributed by atoms with E-state index in [2.05, 4.69) is 14.7 Å². The number of halogens is 1. The first-order valence-electron chi connectivity index (χ1n) is 5.31. The topological polar surface area (TPSA) is 52.1 Å². The number of carbonyl (C=O) groups is 1. The van der Waals surface area contributed by atoms with E-state index in [1.165, 1.54) is 25.2 Å². The maximum Gasteiger partial charge on any atom is 0.306 e. The molecule has 0 bridgehead atoms. The van der Waals surface area contributed by atoms with E-state index < -0.39 is 5.82 Å². The van der Waals surface area contributed by atoms with Gasteiger partial charge < -0.3 is 4.74 Å². The van der Waals surface area contributed by atoms with Crippen LogP contribution in [-0.4, -0.2) is 28.3 Å². The van der Waals surface area contributed by atoms with Gasteiger partial charge in [0.15, 0.2) is 5.82 Å². The van der Waals surface area contributed by atoms with E-state index in [1.807, 2.05) is 13.8 Å². The Hall–Kier alpha value is -1.17. The molecule has 0 fully saturated rings. The van der Waals surface area contributed by atoms with Crippen LogP contribution in [0.15, 0.2) is 11.4 Å². The van der Waals surface area contributed by atoms with Gasteiger partial charge in [0.2, 0.25) is 0 Å². The molecular weight excluding hydrogens is 243 g/mol. The predicted molar refractivity (Wildman–Crippen MR) is 63.3 cm³/mol. The zero-order valence-electron chi connectivity index (χ0n) is 10.1. The van der Waals surface area contributed by atoms with Crippen LogP contribution in [0.4, 0.5) is 4.39 Å². The minimum Gasteiger partial charge on any atom is -0.469 e. The Morgan fingerprint density at radius 2 is 2.29 bits per heavy atom. The second-order valence-electron chi connectivity index (χ2n) is 3.50. The minimum atomic E-state index is -0.392. The van der Waals surface area contributed by atoms with Crippen molar-refractivity contribution in [1.29, 1.82) is 0 Å². The monoisotopic (exact) mass is 258 g/mol. The van der Waals surface area contributed by atoms with E-state index in [0.717, 1.165) is 0 Å². The lowest BCUT2D eigenvalue weighted by Gasteiger charge is -2.10. The molecule has 0 radical (unpaired) electrons. The fourth-order valence-corrected chi connectivity index (χ4v) is 2.20. The van der Waals surface area contributed by atoms with E-state index in [9.17, 15) is 9.18 Å². The number of thioether (sulfide) groups is 1. The summed E-state index contributed by atoms with van der Waals surface area (Å²) in [5, 5.41) is 0.199. The van der Waals surface area contributed by atoms with Crippen LogP contribution < -0.4 is 0 Å². The van der Waals surface area contributed by atoms with Crippen LogP contribution >= 0.6 is 11.8 Å². The Morgan fingerprint density at radius 1 is 1.59 bits per heavy atom. The van der Waals surface area contributed by atoms with Gasteiger partial charge in [-0.1, -0.05) is 25.6 Å². The maximum atomic E-state index is 13.8. The Kier molecular flexibility index (Phi) is 5.34. The van der Waals surface area contributed by atoms with E-state index in [0.29, 0.717) is 12.1 Å². The van der Waals surface area contributed by atoms with Gasteiger partial charge in [0.1, 0.15) is 11.4 Å². The van der Waals surface area contributed by atoms with Crippen molar-refractivity contribution < 1.29 is 13.9 Å². The lowest BCUT2D eigenvalue weighted by atomic mass is 10.3. The predicted octanol–water partition coefficient (Wildman–Crippen LogP) is 2.22. The molecule has 0 aliphatic heterocycles. The second kappa shape index (κ2) is 6.54. The Labute approximate surface area is 104 Å². The molecule has 17 heavy (non-hydrogen) atoms. The summed E-state index contributed by atoms with van der Waals surface area (Å²) in [6.45, 7) is 3.66. The van der Waals surface area contributed by atoms with Crippen molar-refractivity contribution in [3.05, 3.63) is 17.8 Å². The quantitative estimate of drug-likeness (QED) is 0.460. The molecule has 4 nitrogen and oxygen atoms in total. The van der Waals surface area contributed by atoms with E-state index in [1.54, 1.807) is 0 Å². The van der Waals surface area contributed by atoms with Crippen LogP contribution in [0.1, 0.15) is 26.0 Å². The van der Waals surface area contributed by atoms with Crippen molar-refractivity contribution in [2.75, 3.05) is 7.11 Å². The summed E-state index contributed by atoms with van der Waals surface area (Å²) < 4.78 is 18.3. The number of methoxy groups -OCH3 is 1. The summed E-state index contributed by atoms with van der Waals surface area (Å²) in [6.07, 6.45) is 2.09. The van der Waals surface area contributed by atoms with Gasteiger partial charge in [-0.3, -0.25) is 4.79 Å². The van der Waals surface area contributed by atoms with Gasteiger partial charge in [-0.25, -0.2) is 14.4 Å². The lowest BCUT2D eigenvalue weighted by molar-refractivity contribution is -0.140. The fourth-order valence-electron chi connectivity index (χ4n) is 1.27. The number of hydrogen-bond acceptors (Lipinski definition) is 5. The zero-order valence-corrected chi connectivity index (χ0v) is 10.9. The second-order valence-corrected chi connectivity index (χ2v) is 4.93. The summed E-state index contributed by atoms with van der Waals surface area (Å²) in [4.78, 5) is 18.8. The van der Waals surface area contributed by atoms with Crippen molar-refractivity contribution >= 4 is 17.7 Å². The average Bonchev–Trinajstić information content (AvgIpc) is 2.31. The van der Waals surface area contributed by atoms with Gasteiger partial charge in [0.05, 0.1) is 19.2 Å². The molecule has 1 aromatic heterocycles. The van der Waals surface area contributed by atoms with Crippen LogP contribution in [0, 0.1) is 5.82 Å². The lowest BCUT2D eigenvalue weighted by Crippen LogP contribution is -2.09. The number of esters is 1. The molecular formula is C11H15FN2O2S. The largest absolute Gasteiger partial charge is 0.469 e. The van der Waals surface area contributed by atoms with Gasteiger partial charge >= 0.3 is 5.97 Å². The van der Waals surface area contributed by atoms with Gasteiger partial charge in [0.25, 0.3) is 0 Å². The van der Waals surface area contributed by atoms with Crippen LogP contribution in [0.3, 0.4) is 0 Å². The van der Waals surface area contributed by atoms with Crippen LogP contribution in [0.2, 0.25) is 0 Å². The summed E-state index contributed by atoms with van der Waals surface area (Å²) in [7, 11) is 1.33. The summed E-state index contributed by atoms with van der Waals surface area (Å²) >= 11 is 1.22. The zero-order chi connectivity index (χ0) is 12.8. The molecule has 1 unspecified atom stereocenters. The molecule has 1 heterocycles. The number of carbonyl (C=O) groups excluding carboxylic acids is 1. The van der Waals surface area contributed by atoms with Crippen molar-refractivity contribution in [2.45, 2.75) is 37.0 Å². The van der Waals surface area contributed by atoms with Gasteiger partial charge in [0, 0.05) is 5.25 Å². The highest BCUT2D eigenvalue weighted by molar-refractivity contribution is 7.99. The number of rotatable bonds is 5. The molecule has 0 aliphatic rings. The Bertz CT molecular complexity index is 401. The minimum absolute atomic E-state index is 0.0865. The first kappa shape index (κ1) is 13.9. The SMILES string of the molecule is CCc1ncnc(SC(C)CC(=O)OC)c1F. The average molecular weight is 258 g/mol. The number of ether oxygens (including phenoxy) is 1. The highest BCUT2D eigenvalue weighted by atomic mass is 32.2. The van der Waals surface area contributed by atoms with Crippen molar-refractivity contribution in [2.24, 2.45) is 0 Å². The van der Waals surface area contributed by atoms with Crippen molar-refractivity contribution in [3.8, 4) is 0 Å². The normalized spacial score (nSPS) is 12.2. The molecule has 1 rings (SSSR count). The molecule has 0 amide bonds. The van der Waals surface area contributed by atoms with E-state index >= 15 is 0 Å². The molecule has 0 spiro atoms. The molecule has 6 heteroatoms. The molecule has 94 valence electrons. The summed E-state index contributed by atoms with van der Waals surface area (Å²) in [5.74, 6) is -0.702. The standard InChI is InChI=1S/C11H15FN2O2S/c1-4-8-10(12)11(14-6-13-8)17-7(2)5-9(15)16-3/h6-7H,4-5H2,1-3H3. The first-order valence-corrected chi connectivity index (χ1v) is 6.19. The number of nitrogens with zero attached hydrogens (tertiary/aromatic N) is 2. The molecule has 1 atom stereocenters. The third-order valence-electron chi connectivity index (χ3n) is 2.16. The smallest absolute Gasteiger partial charge is 0.306 e. The third-order valence-corrected chi connectivity index (χ3v) is 3.24. The van der Waals surface area contributed by atoms with E-state index in [-0.39, 0.29) is 22.7 Å². The summed E-state index contributed by atoms with van der Waals surface area (Å²) in [5.41, 5.74) is 0.396. The fraction of sp³-hybridized carbons (Fsp3) is 0.545. The van der Waals surface area contributed by atoms with Crippen LogP contribution in [0.25, 0.3) is 0 Å². The molecule has 0 aromatic carbocycles. The molecule has 0 N–H and O–H groups in total. The Morgan fingerprint density at radius 3 is 2.88 bits per heavy atom. The number of hydrogen-bond donors (Lipinski definition) is 0. The highest BCUT2D eigenvalue weighted by Crippen LogP contribution is 2.26. The molecule has 1 aromatic rings. The highest BCUT2D eigenvalue weighted by Gasteiger charge is 2.16. The number of aromatic nitrogens is 2. The first-order chi connectivity index (χ1) is 8.08. The maximum absolute atomic E-state index is 13.8. The van der Waals surface area contributed by atoms with Gasteiger partial charge in [-0.2, -0.15) is 0 Å². The Balaban J connectivity index is 2.71. The van der Waals surface area contributed by atoms with E-state index in [4.69, 9.17) is 0 Å². The van der Waals surface area contributed by atoms with Crippen molar-refractivity contribution in [1.82, 2.24) is 9.97 Å². The third kappa shape index (κ3) is 3.96. The molecule has 0 saturated heterocycles. The van der Waals surface area contributed by atoms with Gasteiger partial charge in [-0.05, 0) is 6.42 Å². The van der Waals surface area contributed by atoms with Crippen molar-refractivity contribution in [3.63, 3.8) is 0 Å².